The molecule has 0 spiro atoms. The van der Waals surface area contributed by atoms with E-state index in [1.807, 2.05) is 74.7 Å². The molecule has 27 heavy (non-hydrogen) atoms. The minimum Gasteiger partial charge on any atom is -0.460 e. The van der Waals surface area contributed by atoms with E-state index >= 15 is 0 Å². The average Bonchev–Trinajstić information content (AvgIpc) is 2.65. The van der Waals surface area contributed by atoms with Crippen molar-refractivity contribution in [2.45, 2.75) is 31.7 Å². The molecular formula is C22H24N2O2S. The summed E-state index contributed by atoms with van der Waals surface area (Å²) in [6, 6.07) is 20.2. The van der Waals surface area contributed by atoms with Crippen molar-refractivity contribution < 1.29 is 9.53 Å². The maximum Gasteiger partial charge on any atom is 0.223 e. The molecule has 1 heterocycles. The Bertz CT molecular complexity index is 941. The van der Waals surface area contributed by atoms with Crippen LogP contribution in [0.5, 0.6) is 5.88 Å². The van der Waals surface area contributed by atoms with E-state index in [0.717, 1.165) is 22.0 Å². The number of hydrogen-bond donors (Lipinski definition) is 1. The summed E-state index contributed by atoms with van der Waals surface area (Å²) in [5, 5.41) is 4.03. The lowest BCUT2D eigenvalue weighted by atomic mass is 10.0. The molecule has 0 radical (unpaired) electrons. The van der Waals surface area contributed by atoms with E-state index in [1.165, 1.54) is 6.92 Å². The summed E-state index contributed by atoms with van der Waals surface area (Å²) in [6.07, 6.45) is 1.97. The highest BCUT2D eigenvalue weighted by molar-refractivity contribution is 7.99. The number of benzene rings is 2. The topological polar surface area (TPSA) is 51.2 Å². The maximum atomic E-state index is 11.6. The van der Waals surface area contributed by atoms with E-state index in [1.54, 1.807) is 11.8 Å². The molecule has 1 amide bonds. The number of carbonyl (C=O) groups excluding carboxylic acids is 1. The molecule has 1 atom stereocenters. The lowest BCUT2D eigenvalue weighted by Crippen LogP contribution is -2.52. The number of fused-ring (bicyclic) bond motifs is 1. The van der Waals surface area contributed by atoms with Gasteiger partial charge in [0.25, 0.3) is 0 Å². The lowest BCUT2D eigenvalue weighted by molar-refractivity contribution is -0.121. The lowest BCUT2D eigenvalue weighted by Gasteiger charge is -2.34. The van der Waals surface area contributed by atoms with E-state index in [-0.39, 0.29) is 11.3 Å². The van der Waals surface area contributed by atoms with E-state index in [2.05, 4.69) is 11.4 Å². The summed E-state index contributed by atoms with van der Waals surface area (Å²) >= 11 is 1.55. The Kier molecular flexibility index (Phi) is 5.71. The molecule has 1 unspecified atom stereocenters. The van der Waals surface area contributed by atoms with Gasteiger partial charge in [-0.15, -0.1) is 11.8 Å². The van der Waals surface area contributed by atoms with Gasteiger partial charge in [-0.05, 0) is 37.8 Å². The Morgan fingerprint density at radius 3 is 2.44 bits per heavy atom. The molecule has 4 nitrogen and oxygen atoms in total. The second kappa shape index (κ2) is 8.01. The van der Waals surface area contributed by atoms with Crippen molar-refractivity contribution in [2.75, 3.05) is 6.26 Å². The van der Waals surface area contributed by atoms with Gasteiger partial charge in [-0.1, -0.05) is 48.5 Å². The van der Waals surface area contributed by atoms with Gasteiger partial charge in [0.15, 0.2) is 5.44 Å². The maximum absolute atomic E-state index is 11.6. The van der Waals surface area contributed by atoms with Crippen molar-refractivity contribution in [2.24, 2.45) is 0 Å². The highest BCUT2D eigenvalue weighted by atomic mass is 32.2. The zero-order chi connectivity index (χ0) is 19.4. The Morgan fingerprint density at radius 1 is 1.11 bits per heavy atom. The van der Waals surface area contributed by atoms with Crippen molar-refractivity contribution in [1.29, 1.82) is 0 Å². The standard InChI is InChI=1S/C22H24N2O2S/c1-15(25)24-22(2,3)21(27-4)26-20-18(16-10-6-5-7-11-16)14-17-12-8-9-13-19(17)23-20/h5-14,21H,1-4H3,(H,24,25). The molecule has 0 saturated heterocycles. The number of ether oxygens (including phenoxy) is 1. The van der Waals surface area contributed by atoms with Gasteiger partial charge in [-0.25, -0.2) is 4.98 Å². The number of aromatic nitrogens is 1. The number of nitrogens with zero attached hydrogens (tertiary/aromatic N) is 1. The Labute approximate surface area is 164 Å². The molecule has 0 aliphatic heterocycles. The molecule has 0 bridgehead atoms. The van der Waals surface area contributed by atoms with E-state index < -0.39 is 5.54 Å². The fraction of sp³-hybridized carbons (Fsp3) is 0.273. The largest absolute Gasteiger partial charge is 0.460 e. The summed E-state index contributed by atoms with van der Waals surface area (Å²) < 4.78 is 6.36. The van der Waals surface area contributed by atoms with E-state index in [4.69, 9.17) is 9.72 Å². The van der Waals surface area contributed by atoms with Crippen molar-refractivity contribution in [3.05, 3.63) is 60.7 Å². The summed E-state index contributed by atoms with van der Waals surface area (Å²) in [7, 11) is 0. The van der Waals surface area contributed by atoms with Gasteiger partial charge in [-0.2, -0.15) is 0 Å². The van der Waals surface area contributed by atoms with Crippen LogP contribution in [0, 0.1) is 0 Å². The molecule has 0 aliphatic rings. The molecule has 3 aromatic rings. The Morgan fingerprint density at radius 2 is 1.78 bits per heavy atom. The molecule has 2 aromatic carbocycles. The summed E-state index contributed by atoms with van der Waals surface area (Å²) in [4.78, 5) is 16.4. The van der Waals surface area contributed by atoms with Crippen LogP contribution in [0.25, 0.3) is 22.0 Å². The summed E-state index contributed by atoms with van der Waals surface area (Å²) in [5.74, 6) is 0.482. The molecule has 5 heteroatoms. The number of thioether (sulfide) groups is 1. The van der Waals surface area contributed by atoms with Gasteiger partial charge in [0, 0.05) is 17.9 Å². The molecular weight excluding hydrogens is 356 g/mol. The number of hydrogen-bond acceptors (Lipinski definition) is 4. The number of nitrogens with one attached hydrogen (secondary N) is 1. The SMILES string of the molecule is CSC(Oc1nc2ccccc2cc1-c1ccccc1)C(C)(C)NC(C)=O. The third-order valence-corrected chi connectivity index (χ3v) is 5.41. The van der Waals surface area contributed by atoms with Crippen molar-refractivity contribution >= 4 is 28.6 Å². The van der Waals surface area contributed by atoms with Crippen LogP contribution in [0.2, 0.25) is 0 Å². The third kappa shape index (κ3) is 4.42. The fourth-order valence-corrected chi connectivity index (χ4v) is 3.95. The van der Waals surface area contributed by atoms with Crippen LogP contribution in [-0.4, -0.2) is 28.1 Å². The highest BCUT2D eigenvalue weighted by Crippen LogP contribution is 2.35. The molecule has 0 saturated carbocycles. The zero-order valence-electron chi connectivity index (χ0n) is 16.0. The minimum absolute atomic E-state index is 0.0857. The monoisotopic (exact) mass is 380 g/mol. The fourth-order valence-electron chi connectivity index (χ4n) is 3.12. The Balaban J connectivity index is 2.07. The minimum atomic E-state index is -0.549. The number of amides is 1. The van der Waals surface area contributed by atoms with E-state index in [0.29, 0.717) is 5.88 Å². The molecule has 140 valence electrons. The first kappa shape index (κ1) is 19.2. The first-order chi connectivity index (χ1) is 12.9. The molecule has 3 rings (SSSR count). The van der Waals surface area contributed by atoms with Gasteiger partial charge >= 0.3 is 0 Å². The quantitative estimate of drug-likeness (QED) is 0.619. The zero-order valence-corrected chi connectivity index (χ0v) is 16.8. The first-order valence-corrected chi connectivity index (χ1v) is 10.1. The highest BCUT2D eigenvalue weighted by Gasteiger charge is 2.32. The van der Waals surface area contributed by atoms with Crippen LogP contribution in [-0.2, 0) is 4.79 Å². The number of pyridine rings is 1. The normalized spacial score (nSPS) is 12.6. The van der Waals surface area contributed by atoms with Crippen LogP contribution in [0.4, 0.5) is 0 Å². The third-order valence-electron chi connectivity index (χ3n) is 4.29. The van der Waals surface area contributed by atoms with Gasteiger partial charge in [0.1, 0.15) is 0 Å². The number of carbonyl (C=O) groups is 1. The van der Waals surface area contributed by atoms with E-state index in [9.17, 15) is 4.79 Å². The van der Waals surface area contributed by atoms with Crippen LogP contribution >= 0.6 is 11.8 Å². The predicted molar refractivity (Wildman–Crippen MR) is 113 cm³/mol. The van der Waals surface area contributed by atoms with Crippen LogP contribution in [0.15, 0.2) is 60.7 Å². The van der Waals surface area contributed by atoms with Crippen molar-refractivity contribution in [3.63, 3.8) is 0 Å². The molecule has 0 aliphatic carbocycles. The number of para-hydroxylation sites is 1. The first-order valence-electron chi connectivity index (χ1n) is 8.84. The predicted octanol–water partition coefficient (Wildman–Crippen LogP) is 4.88. The van der Waals surface area contributed by atoms with Gasteiger partial charge in [-0.3, -0.25) is 4.79 Å². The molecule has 1 N–H and O–H groups in total. The van der Waals surface area contributed by atoms with Gasteiger partial charge < -0.3 is 10.1 Å². The van der Waals surface area contributed by atoms with Gasteiger partial charge in [0.2, 0.25) is 11.8 Å². The second-order valence-corrected chi connectivity index (χ2v) is 7.89. The van der Waals surface area contributed by atoms with Crippen LogP contribution < -0.4 is 10.1 Å². The number of rotatable bonds is 6. The van der Waals surface area contributed by atoms with Crippen molar-refractivity contribution in [3.8, 4) is 17.0 Å². The molecule has 0 fully saturated rings. The van der Waals surface area contributed by atoms with Crippen molar-refractivity contribution in [1.82, 2.24) is 10.3 Å². The summed E-state index contributed by atoms with van der Waals surface area (Å²) in [5.41, 5.74) is 2.02. The second-order valence-electron chi connectivity index (χ2n) is 6.99. The average molecular weight is 381 g/mol. The Hall–Kier alpha value is -2.53. The molecule has 1 aromatic heterocycles. The van der Waals surface area contributed by atoms with Gasteiger partial charge in [0.05, 0.1) is 11.1 Å². The summed E-state index contributed by atoms with van der Waals surface area (Å²) in [6.45, 7) is 5.43. The van der Waals surface area contributed by atoms with Crippen LogP contribution in [0.1, 0.15) is 20.8 Å². The van der Waals surface area contributed by atoms with Crippen LogP contribution in [0.3, 0.4) is 0 Å². The smallest absolute Gasteiger partial charge is 0.223 e.